The predicted molar refractivity (Wildman–Crippen MR) is 123 cm³/mol. The minimum atomic E-state index is -0.346. The number of nitrogens with one attached hydrogen (secondary N) is 2. The maximum atomic E-state index is 11.7. The molecule has 8 N–H and O–H groups in total. The number of hydrogen-bond donors (Lipinski definition) is 5. The fourth-order valence-electron chi connectivity index (χ4n) is 3.59. The highest BCUT2D eigenvalue weighted by Crippen LogP contribution is 2.35. The van der Waals surface area contributed by atoms with E-state index in [1.54, 1.807) is 12.1 Å². The average Bonchev–Trinajstić information content (AvgIpc) is 2.80. The summed E-state index contributed by atoms with van der Waals surface area (Å²) in [5, 5.41) is 3.44. The lowest BCUT2D eigenvalue weighted by Crippen LogP contribution is -2.20. The number of nitrogen functional groups attached to an aromatic ring is 3. The summed E-state index contributed by atoms with van der Waals surface area (Å²) in [7, 11) is 1.38. The van der Waals surface area contributed by atoms with Crippen molar-refractivity contribution in [3.63, 3.8) is 0 Å². The fourth-order valence-corrected chi connectivity index (χ4v) is 3.59. The van der Waals surface area contributed by atoms with Crippen molar-refractivity contribution in [3.05, 3.63) is 82.9 Å². The Hall–Kier alpha value is -3.62. The smallest absolute Gasteiger partial charge is 0.337 e. The number of nitrogens with zero attached hydrogens (tertiary/aromatic N) is 1. The van der Waals surface area contributed by atoms with Crippen molar-refractivity contribution in [2.75, 3.05) is 30.5 Å². The Balaban J connectivity index is 1.74. The summed E-state index contributed by atoms with van der Waals surface area (Å²) in [6.07, 6.45) is 0.776. The first-order chi connectivity index (χ1) is 15.0. The topological polar surface area (TPSA) is 141 Å². The summed E-state index contributed by atoms with van der Waals surface area (Å²) in [5.74, 6) is 5.94. The van der Waals surface area contributed by atoms with Gasteiger partial charge in [-0.25, -0.2) is 15.6 Å². The molecule has 2 aromatic carbocycles. The van der Waals surface area contributed by atoms with Crippen molar-refractivity contribution in [1.29, 1.82) is 0 Å². The van der Waals surface area contributed by atoms with Crippen molar-refractivity contribution in [1.82, 2.24) is 10.3 Å². The molecule has 0 saturated carbocycles. The molecule has 0 aliphatic rings. The molecule has 1 aromatic heterocycles. The number of carbonyl (C=O) groups excluding carboxylic acids is 1. The van der Waals surface area contributed by atoms with Crippen molar-refractivity contribution in [3.8, 4) is 0 Å². The van der Waals surface area contributed by atoms with E-state index in [0.717, 1.165) is 29.7 Å². The fraction of sp³-hybridized carbons (Fsp3) is 0.217. The first-order valence-corrected chi connectivity index (χ1v) is 9.99. The van der Waals surface area contributed by atoms with Crippen molar-refractivity contribution < 1.29 is 9.53 Å². The first kappa shape index (κ1) is 22.1. The van der Waals surface area contributed by atoms with Crippen LogP contribution in [0, 0.1) is 0 Å². The van der Waals surface area contributed by atoms with E-state index >= 15 is 0 Å². The molecule has 1 unspecified atom stereocenters. The number of methoxy groups -OCH3 is 1. The van der Waals surface area contributed by atoms with Crippen LogP contribution in [0.1, 0.15) is 39.4 Å². The molecule has 3 rings (SSSR count). The third kappa shape index (κ3) is 5.50. The van der Waals surface area contributed by atoms with Crippen LogP contribution in [0.25, 0.3) is 0 Å². The molecule has 1 heterocycles. The number of hydrazine groups is 1. The second-order valence-corrected chi connectivity index (χ2v) is 7.16. The molecule has 0 spiro atoms. The minimum Gasteiger partial charge on any atom is -0.465 e. The Kier molecular flexibility index (Phi) is 7.42. The van der Waals surface area contributed by atoms with Gasteiger partial charge in [0.1, 0.15) is 5.82 Å². The van der Waals surface area contributed by atoms with Gasteiger partial charge < -0.3 is 26.9 Å². The van der Waals surface area contributed by atoms with E-state index in [0.29, 0.717) is 29.4 Å². The summed E-state index contributed by atoms with van der Waals surface area (Å²) in [6, 6.07) is 19.3. The van der Waals surface area contributed by atoms with Crippen LogP contribution in [-0.4, -0.2) is 24.6 Å². The Morgan fingerprint density at radius 2 is 1.87 bits per heavy atom. The molecule has 0 bridgehead atoms. The monoisotopic (exact) mass is 420 g/mol. The zero-order chi connectivity index (χ0) is 22.2. The summed E-state index contributed by atoms with van der Waals surface area (Å²) >= 11 is 0. The molecular formula is C23H28N6O2. The van der Waals surface area contributed by atoms with Gasteiger partial charge in [0, 0.05) is 12.5 Å². The zero-order valence-corrected chi connectivity index (χ0v) is 17.5. The zero-order valence-electron chi connectivity index (χ0n) is 17.5. The number of carbonyl (C=O) groups is 1. The molecule has 31 heavy (non-hydrogen) atoms. The van der Waals surface area contributed by atoms with E-state index in [1.165, 1.54) is 7.11 Å². The van der Waals surface area contributed by atoms with Crippen LogP contribution in [0.15, 0.2) is 60.7 Å². The number of anilines is 3. The quantitative estimate of drug-likeness (QED) is 0.154. The highest BCUT2D eigenvalue weighted by molar-refractivity contribution is 5.89. The maximum absolute atomic E-state index is 11.7. The van der Waals surface area contributed by atoms with Gasteiger partial charge in [-0.05, 0) is 47.9 Å². The van der Waals surface area contributed by atoms with E-state index in [4.69, 9.17) is 22.0 Å². The van der Waals surface area contributed by atoms with Crippen LogP contribution in [-0.2, 0) is 11.3 Å². The van der Waals surface area contributed by atoms with Gasteiger partial charge in [0.25, 0.3) is 0 Å². The molecule has 0 saturated heterocycles. The first-order valence-electron chi connectivity index (χ1n) is 9.99. The Morgan fingerprint density at radius 1 is 1.10 bits per heavy atom. The van der Waals surface area contributed by atoms with Crippen LogP contribution >= 0.6 is 0 Å². The molecule has 0 aliphatic carbocycles. The second kappa shape index (κ2) is 10.4. The second-order valence-electron chi connectivity index (χ2n) is 7.16. The number of benzene rings is 2. The third-order valence-electron chi connectivity index (χ3n) is 5.11. The van der Waals surface area contributed by atoms with E-state index in [9.17, 15) is 4.79 Å². The highest BCUT2D eigenvalue weighted by atomic mass is 16.5. The SMILES string of the molecule is COC(=O)c1cccc(CNCCC(c2ccccc2)c2cc(N)nc(NN)c2N)c1. The lowest BCUT2D eigenvalue weighted by Gasteiger charge is -2.22. The lowest BCUT2D eigenvalue weighted by molar-refractivity contribution is 0.0600. The van der Waals surface area contributed by atoms with E-state index < -0.39 is 0 Å². The molecule has 0 radical (unpaired) electrons. The standard InChI is InChI=1S/C23H28N6O2/c1-31-23(30)17-9-5-6-15(12-17)14-27-11-10-18(16-7-3-2-4-8-16)19-13-20(24)28-22(29-26)21(19)25/h2-9,12-13,18,27H,10-11,14,25-26H2,1H3,(H3,24,28,29). The molecule has 0 aliphatic heterocycles. The van der Waals surface area contributed by atoms with Gasteiger partial charge in [-0.2, -0.15) is 0 Å². The molecule has 0 amide bonds. The number of pyridine rings is 1. The number of ether oxygens (including phenoxy) is 1. The van der Waals surface area contributed by atoms with Crippen LogP contribution < -0.4 is 28.1 Å². The van der Waals surface area contributed by atoms with Crippen molar-refractivity contribution in [2.24, 2.45) is 5.84 Å². The van der Waals surface area contributed by atoms with Crippen molar-refractivity contribution >= 4 is 23.3 Å². The van der Waals surface area contributed by atoms with Gasteiger partial charge in [-0.3, -0.25) is 0 Å². The summed E-state index contributed by atoms with van der Waals surface area (Å²) in [4.78, 5) is 15.9. The molecule has 3 aromatic rings. The number of esters is 1. The Morgan fingerprint density at radius 3 is 2.58 bits per heavy atom. The number of nitrogens with two attached hydrogens (primary N) is 3. The Labute approximate surface area is 181 Å². The Bertz CT molecular complexity index is 1030. The number of aromatic nitrogens is 1. The van der Waals surface area contributed by atoms with E-state index in [1.807, 2.05) is 36.4 Å². The normalized spacial score (nSPS) is 11.7. The largest absolute Gasteiger partial charge is 0.465 e. The summed E-state index contributed by atoms with van der Waals surface area (Å²) in [6.45, 7) is 1.34. The van der Waals surface area contributed by atoms with E-state index in [-0.39, 0.29) is 11.9 Å². The van der Waals surface area contributed by atoms with Crippen LogP contribution in [0.2, 0.25) is 0 Å². The molecule has 8 nitrogen and oxygen atoms in total. The van der Waals surface area contributed by atoms with Crippen LogP contribution in [0.5, 0.6) is 0 Å². The van der Waals surface area contributed by atoms with Crippen LogP contribution in [0.3, 0.4) is 0 Å². The average molecular weight is 421 g/mol. The molecule has 0 fully saturated rings. The molecule has 8 heteroatoms. The third-order valence-corrected chi connectivity index (χ3v) is 5.11. The molecular weight excluding hydrogens is 392 g/mol. The van der Waals surface area contributed by atoms with Gasteiger partial charge in [0.2, 0.25) is 0 Å². The maximum Gasteiger partial charge on any atom is 0.337 e. The molecule has 162 valence electrons. The van der Waals surface area contributed by atoms with Gasteiger partial charge >= 0.3 is 5.97 Å². The summed E-state index contributed by atoms with van der Waals surface area (Å²) < 4.78 is 4.79. The van der Waals surface area contributed by atoms with Crippen LogP contribution in [0.4, 0.5) is 17.3 Å². The highest BCUT2D eigenvalue weighted by Gasteiger charge is 2.20. The van der Waals surface area contributed by atoms with Gasteiger partial charge in [0.05, 0.1) is 18.4 Å². The summed E-state index contributed by atoms with van der Waals surface area (Å²) in [5.41, 5.74) is 18.9. The van der Waals surface area contributed by atoms with Gasteiger partial charge in [0.15, 0.2) is 5.82 Å². The van der Waals surface area contributed by atoms with Gasteiger partial charge in [-0.1, -0.05) is 42.5 Å². The lowest BCUT2D eigenvalue weighted by atomic mass is 9.87. The van der Waals surface area contributed by atoms with Gasteiger partial charge in [-0.15, -0.1) is 0 Å². The number of rotatable bonds is 9. The van der Waals surface area contributed by atoms with Crippen molar-refractivity contribution in [2.45, 2.75) is 18.9 Å². The van der Waals surface area contributed by atoms with E-state index in [2.05, 4.69) is 27.9 Å². The number of hydrogen-bond acceptors (Lipinski definition) is 8. The molecule has 1 atom stereocenters. The predicted octanol–water partition coefficient (Wildman–Crippen LogP) is 2.63. The minimum absolute atomic E-state index is 0.00695.